The number of carboxylic acids is 1. The monoisotopic (exact) mass is 277 g/mol. The van der Waals surface area contributed by atoms with Crippen LogP contribution in [0.3, 0.4) is 0 Å². The summed E-state index contributed by atoms with van der Waals surface area (Å²) in [6.07, 6.45) is 4.20. The van der Waals surface area contributed by atoms with Crippen molar-refractivity contribution < 1.29 is 9.90 Å². The van der Waals surface area contributed by atoms with Gasteiger partial charge in [-0.3, -0.25) is 14.8 Å². The van der Waals surface area contributed by atoms with E-state index < -0.39 is 11.5 Å². The Morgan fingerprint density at radius 1 is 1.35 bits per heavy atom. The number of nitrogens with zero attached hydrogens (tertiary/aromatic N) is 2. The molecule has 0 aromatic carbocycles. The quantitative estimate of drug-likeness (QED) is 0.832. The van der Waals surface area contributed by atoms with E-state index in [4.69, 9.17) is 0 Å². The lowest BCUT2D eigenvalue weighted by Crippen LogP contribution is -2.58. The summed E-state index contributed by atoms with van der Waals surface area (Å²) in [5.74, 6) is -0.484. The number of carbonyl (C=O) groups is 1. The second kappa shape index (κ2) is 4.58. The third kappa shape index (κ3) is 2.24. The van der Waals surface area contributed by atoms with Gasteiger partial charge in [-0.05, 0) is 57.9 Å². The molecule has 2 N–H and O–H groups in total. The summed E-state index contributed by atoms with van der Waals surface area (Å²) in [6.45, 7) is 6.48. The average molecular weight is 277 g/mol. The zero-order valence-corrected chi connectivity index (χ0v) is 12.4. The predicted octanol–water partition coefficient (Wildman–Crippen LogP) is 1.79. The van der Waals surface area contributed by atoms with Crippen LogP contribution in [0.4, 0.5) is 0 Å². The van der Waals surface area contributed by atoms with Crippen molar-refractivity contribution in [3.63, 3.8) is 0 Å². The molecule has 2 aliphatic carbocycles. The Morgan fingerprint density at radius 3 is 2.40 bits per heavy atom. The Labute approximate surface area is 119 Å². The minimum Gasteiger partial charge on any atom is -0.480 e. The molecule has 20 heavy (non-hydrogen) atoms. The van der Waals surface area contributed by atoms with Gasteiger partial charge in [-0.15, -0.1) is 0 Å². The molecule has 2 aliphatic rings. The maximum Gasteiger partial charge on any atom is 0.326 e. The molecular formula is C15H23N3O2. The molecule has 2 fully saturated rings. The highest BCUT2D eigenvalue weighted by atomic mass is 16.4. The third-order valence-electron chi connectivity index (χ3n) is 4.84. The highest BCUT2D eigenvalue weighted by Crippen LogP contribution is 2.43. The molecule has 0 amide bonds. The van der Waals surface area contributed by atoms with Crippen molar-refractivity contribution in [3.05, 3.63) is 17.0 Å². The van der Waals surface area contributed by atoms with Crippen LogP contribution >= 0.6 is 0 Å². The number of aryl methyl sites for hydroxylation is 1. The van der Waals surface area contributed by atoms with Gasteiger partial charge in [0.2, 0.25) is 0 Å². The van der Waals surface area contributed by atoms with E-state index in [9.17, 15) is 9.90 Å². The molecule has 5 nitrogen and oxygen atoms in total. The molecule has 2 saturated carbocycles. The van der Waals surface area contributed by atoms with E-state index in [0.29, 0.717) is 12.6 Å². The Hall–Kier alpha value is -1.36. The second-order valence-corrected chi connectivity index (χ2v) is 6.42. The lowest BCUT2D eigenvalue weighted by molar-refractivity contribution is -0.147. The van der Waals surface area contributed by atoms with Gasteiger partial charge in [0, 0.05) is 11.7 Å². The van der Waals surface area contributed by atoms with Crippen LogP contribution in [0.5, 0.6) is 0 Å². The fourth-order valence-corrected chi connectivity index (χ4v) is 2.94. The minimum atomic E-state index is -0.836. The summed E-state index contributed by atoms with van der Waals surface area (Å²) in [4.78, 5) is 12.0. The molecule has 1 aromatic heterocycles. The average Bonchev–Trinajstić information content (AvgIpc) is 3.26. The van der Waals surface area contributed by atoms with Crippen LogP contribution in [0.2, 0.25) is 0 Å². The summed E-state index contributed by atoms with van der Waals surface area (Å²) >= 11 is 0. The van der Waals surface area contributed by atoms with E-state index in [2.05, 4.69) is 10.4 Å². The summed E-state index contributed by atoms with van der Waals surface area (Å²) in [5, 5.41) is 17.8. The molecule has 0 radical (unpaired) electrons. The Bertz CT molecular complexity index is 544. The van der Waals surface area contributed by atoms with E-state index >= 15 is 0 Å². The van der Waals surface area contributed by atoms with Gasteiger partial charge >= 0.3 is 5.97 Å². The molecule has 1 atom stereocenters. The molecule has 0 saturated heterocycles. The van der Waals surface area contributed by atoms with Gasteiger partial charge in [0.05, 0.1) is 12.2 Å². The highest BCUT2D eigenvalue weighted by molar-refractivity contribution is 5.80. The van der Waals surface area contributed by atoms with Gasteiger partial charge in [-0.1, -0.05) is 0 Å². The van der Waals surface area contributed by atoms with E-state index in [-0.39, 0.29) is 5.92 Å². The topological polar surface area (TPSA) is 67.2 Å². The third-order valence-corrected chi connectivity index (χ3v) is 4.84. The fourth-order valence-electron chi connectivity index (χ4n) is 2.94. The SMILES string of the molecule is Cc1nn(CC(NC2CC2)(C(=O)O)C2CC2)c(C)c1C. The molecule has 1 unspecified atom stereocenters. The fraction of sp³-hybridized carbons (Fsp3) is 0.733. The van der Waals surface area contributed by atoms with Crippen LogP contribution in [0.1, 0.15) is 42.6 Å². The zero-order valence-electron chi connectivity index (χ0n) is 12.4. The first-order chi connectivity index (χ1) is 9.44. The zero-order chi connectivity index (χ0) is 14.5. The van der Waals surface area contributed by atoms with E-state index in [1.165, 1.54) is 0 Å². The smallest absolute Gasteiger partial charge is 0.326 e. The van der Waals surface area contributed by atoms with Crippen molar-refractivity contribution >= 4 is 5.97 Å². The second-order valence-electron chi connectivity index (χ2n) is 6.42. The number of hydrogen-bond acceptors (Lipinski definition) is 3. The van der Waals surface area contributed by atoms with Gasteiger partial charge in [0.15, 0.2) is 0 Å². The molecule has 5 heteroatoms. The van der Waals surface area contributed by atoms with E-state index in [0.717, 1.165) is 42.6 Å². The number of rotatable bonds is 6. The lowest BCUT2D eigenvalue weighted by Gasteiger charge is -2.31. The maximum atomic E-state index is 12.0. The van der Waals surface area contributed by atoms with E-state index in [1.54, 1.807) is 0 Å². The maximum absolute atomic E-state index is 12.0. The first kappa shape index (κ1) is 13.6. The molecule has 0 bridgehead atoms. The molecule has 1 aromatic rings. The number of aromatic nitrogens is 2. The van der Waals surface area contributed by atoms with Crippen molar-refractivity contribution in [1.82, 2.24) is 15.1 Å². The van der Waals surface area contributed by atoms with Gasteiger partial charge in [0.1, 0.15) is 5.54 Å². The van der Waals surface area contributed by atoms with E-state index in [1.807, 2.05) is 25.5 Å². The van der Waals surface area contributed by atoms with Crippen LogP contribution in [0.25, 0.3) is 0 Å². The highest BCUT2D eigenvalue weighted by Gasteiger charge is 2.53. The summed E-state index contributed by atoms with van der Waals surface area (Å²) in [5.41, 5.74) is 2.39. The van der Waals surface area contributed by atoms with Crippen molar-refractivity contribution in [2.24, 2.45) is 5.92 Å². The Morgan fingerprint density at radius 2 is 2.00 bits per heavy atom. The first-order valence-electron chi connectivity index (χ1n) is 7.46. The van der Waals surface area contributed by atoms with Gasteiger partial charge in [-0.2, -0.15) is 5.10 Å². The van der Waals surface area contributed by atoms with Gasteiger partial charge < -0.3 is 5.11 Å². The summed E-state index contributed by atoms with van der Waals surface area (Å²) in [7, 11) is 0. The van der Waals surface area contributed by atoms with Crippen molar-refractivity contribution in [1.29, 1.82) is 0 Å². The largest absolute Gasteiger partial charge is 0.480 e. The molecule has 3 rings (SSSR count). The standard InChI is InChI=1S/C15H23N3O2/c1-9-10(2)17-18(11(9)3)8-15(14(19)20,12-4-5-12)16-13-6-7-13/h12-13,16H,4-8H2,1-3H3,(H,19,20). The minimum absolute atomic E-state index is 0.241. The van der Waals surface area contributed by atoms with Crippen LogP contribution in [0.15, 0.2) is 0 Å². The Kier molecular flexibility index (Phi) is 3.12. The van der Waals surface area contributed by atoms with Gasteiger partial charge in [0.25, 0.3) is 0 Å². The number of carboxylic acid groups (broad SMARTS) is 1. The van der Waals surface area contributed by atoms with Crippen molar-refractivity contribution in [2.75, 3.05) is 0 Å². The summed E-state index contributed by atoms with van der Waals surface area (Å²) < 4.78 is 1.88. The van der Waals surface area contributed by atoms with Crippen molar-refractivity contribution in [3.8, 4) is 0 Å². The number of nitrogens with one attached hydrogen (secondary N) is 1. The van der Waals surface area contributed by atoms with Crippen LogP contribution in [-0.2, 0) is 11.3 Å². The Balaban J connectivity index is 1.92. The predicted molar refractivity (Wildman–Crippen MR) is 75.7 cm³/mol. The first-order valence-corrected chi connectivity index (χ1v) is 7.46. The molecule has 0 aliphatic heterocycles. The van der Waals surface area contributed by atoms with Crippen LogP contribution < -0.4 is 5.32 Å². The van der Waals surface area contributed by atoms with Crippen LogP contribution in [-0.4, -0.2) is 32.4 Å². The lowest BCUT2D eigenvalue weighted by atomic mass is 9.92. The summed E-state index contributed by atoms with van der Waals surface area (Å²) in [6, 6.07) is 0.379. The molecular weight excluding hydrogens is 254 g/mol. The van der Waals surface area contributed by atoms with Crippen LogP contribution in [0, 0.1) is 26.7 Å². The number of hydrogen-bond donors (Lipinski definition) is 2. The van der Waals surface area contributed by atoms with Crippen molar-refractivity contribution in [2.45, 2.75) is 64.6 Å². The normalized spacial score (nSPS) is 21.8. The number of aliphatic carboxylic acids is 1. The molecule has 1 heterocycles. The molecule has 110 valence electrons. The van der Waals surface area contributed by atoms with Gasteiger partial charge in [-0.25, -0.2) is 0 Å². The molecule has 0 spiro atoms.